The van der Waals surface area contributed by atoms with Crippen molar-refractivity contribution in [3.8, 4) is 11.5 Å². The van der Waals surface area contributed by atoms with Crippen LogP contribution in [-0.2, 0) is 23.4 Å². The van der Waals surface area contributed by atoms with Crippen LogP contribution in [0.3, 0.4) is 0 Å². The zero-order chi connectivity index (χ0) is 24.8. The summed E-state index contributed by atoms with van der Waals surface area (Å²) in [5.74, 6) is -0.311. The van der Waals surface area contributed by atoms with Crippen molar-refractivity contribution in [1.82, 2.24) is 24.6 Å². The number of anilines is 1. The number of methoxy groups -OCH3 is 1. The van der Waals surface area contributed by atoms with E-state index in [1.54, 1.807) is 37.6 Å². The second-order valence-electron chi connectivity index (χ2n) is 8.67. The highest BCUT2D eigenvalue weighted by molar-refractivity contribution is 5.95. The Balaban J connectivity index is 1.33. The first-order valence-electron chi connectivity index (χ1n) is 10.9. The quantitative estimate of drug-likeness (QED) is 0.366. The molecule has 3 heterocycles. The van der Waals surface area contributed by atoms with Crippen molar-refractivity contribution < 1.29 is 27.2 Å². The number of hydrogen-bond donors (Lipinski definition) is 2. The summed E-state index contributed by atoms with van der Waals surface area (Å²) < 4.78 is 53.3. The van der Waals surface area contributed by atoms with E-state index in [4.69, 9.17) is 15.0 Å². The molecule has 1 aromatic carbocycles. The number of fused-ring (bicyclic) bond motifs is 1. The molecule has 0 aliphatic heterocycles. The molecule has 5 rings (SSSR count). The monoisotopic (exact) mass is 488 g/mol. The normalized spacial score (nSPS) is 15.0. The summed E-state index contributed by atoms with van der Waals surface area (Å²) >= 11 is 0. The Labute approximate surface area is 197 Å². The van der Waals surface area contributed by atoms with Gasteiger partial charge in [0.05, 0.1) is 35.5 Å². The van der Waals surface area contributed by atoms with Gasteiger partial charge in [0, 0.05) is 30.6 Å². The Morgan fingerprint density at radius 1 is 1.31 bits per heavy atom. The minimum Gasteiger partial charge on any atom is -0.398 e. The topological polar surface area (TPSA) is 113 Å². The van der Waals surface area contributed by atoms with Crippen LogP contribution < -0.4 is 11.1 Å². The van der Waals surface area contributed by atoms with Crippen molar-refractivity contribution >= 4 is 22.5 Å². The Kier molecular flexibility index (Phi) is 5.55. The molecule has 0 unspecified atom stereocenters. The van der Waals surface area contributed by atoms with Gasteiger partial charge in [-0.1, -0.05) is 11.2 Å². The fourth-order valence-corrected chi connectivity index (χ4v) is 4.25. The van der Waals surface area contributed by atoms with Gasteiger partial charge in [-0.3, -0.25) is 4.79 Å². The molecule has 0 radical (unpaired) electrons. The van der Waals surface area contributed by atoms with Gasteiger partial charge in [0.15, 0.2) is 0 Å². The Hall–Kier alpha value is -3.80. The number of amides is 1. The van der Waals surface area contributed by atoms with Crippen LogP contribution in [0.5, 0.6) is 0 Å². The fourth-order valence-electron chi connectivity index (χ4n) is 4.25. The summed E-state index contributed by atoms with van der Waals surface area (Å²) in [4.78, 5) is 16.8. The van der Waals surface area contributed by atoms with Gasteiger partial charge in [0.1, 0.15) is 6.54 Å². The lowest BCUT2D eigenvalue weighted by Gasteiger charge is -2.16. The van der Waals surface area contributed by atoms with Crippen LogP contribution in [-0.4, -0.2) is 45.1 Å². The number of ether oxygens (including phenoxy) is 1. The first-order chi connectivity index (χ1) is 16.7. The lowest BCUT2D eigenvalue weighted by molar-refractivity contribution is -0.139. The molecule has 1 fully saturated rings. The van der Waals surface area contributed by atoms with E-state index in [0.29, 0.717) is 28.8 Å². The van der Waals surface area contributed by atoms with Gasteiger partial charge in [-0.05, 0) is 37.1 Å². The third kappa shape index (κ3) is 4.48. The van der Waals surface area contributed by atoms with Crippen LogP contribution in [0.2, 0.25) is 0 Å². The van der Waals surface area contributed by atoms with Crippen LogP contribution in [0, 0.1) is 0 Å². The molecule has 12 heteroatoms. The Bertz CT molecular complexity index is 1380. The number of halogens is 3. The summed E-state index contributed by atoms with van der Waals surface area (Å²) in [5, 5.41) is 6.99. The van der Waals surface area contributed by atoms with Gasteiger partial charge in [-0.25, -0.2) is 0 Å². The highest BCUT2D eigenvalue weighted by Gasteiger charge is 2.44. The lowest BCUT2D eigenvalue weighted by Crippen LogP contribution is -2.24. The summed E-state index contributed by atoms with van der Waals surface area (Å²) in [5.41, 5.74) is 7.09. The largest absolute Gasteiger partial charge is 0.406 e. The van der Waals surface area contributed by atoms with Crippen LogP contribution in [0.1, 0.15) is 29.1 Å². The zero-order valence-electron chi connectivity index (χ0n) is 18.8. The smallest absolute Gasteiger partial charge is 0.398 e. The van der Waals surface area contributed by atoms with E-state index in [1.807, 2.05) is 10.8 Å². The van der Waals surface area contributed by atoms with E-state index < -0.39 is 12.7 Å². The molecule has 35 heavy (non-hydrogen) atoms. The fraction of sp³-hybridized carbons (Fsp3) is 0.348. The Morgan fingerprint density at radius 3 is 2.83 bits per heavy atom. The molecular weight excluding hydrogens is 465 g/mol. The molecule has 0 atom stereocenters. The number of alkyl halides is 3. The molecule has 4 aromatic rings. The molecule has 1 saturated carbocycles. The van der Waals surface area contributed by atoms with E-state index in [1.165, 1.54) is 6.07 Å². The highest BCUT2D eigenvalue weighted by atomic mass is 19.4. The Morgan fingerprint density at radius 2 is 2.11 bits per heavy atom. The summed E-state index contributed by atoms with van der Waals surface area (Å²) in [7, 11) is 1.65. The molecule has 0 spiro atoms. The van der Waals surface area contributed by atoms with Gasteiger partial charge in [0.2, 0.25) is 11.7 Å². The van der Waals surface area contributed by atoms with E-state index in [9.17, 15) is 18.0 Å². The van der Waals surface area contributed by atoms with Crippen molar-refractivity contribution in [2.75, 3.05) is 19.5 Å². The number of rotatable bonds is 8. The number of hydrogen-bond acceptors (Lipinski definition) is 6. The second-order valence-corrected chi connectivity index (χ2v) is 8.67. The van der Waals surface area contributed by atoms with Crippen molar-refractivity contribution in [3.05, 3.63) is 54.2 Å². The van der Waals surface area contributed by atoms with Crippen LogP contribution in [0.25, 0.3) is 22.4 Å². The number of nitrogens with one attached hydrogen (secondary N) is 1. The number of benzene rings is 1. The average molecular weight is 488 g/mol. The van der Waals surface area contributed by atoms with Crippen molar-refractivity contribution in [1.29, 1.82) is 0 Å². The summed E-state index contributed by atoms with van der Waals surface area (Å²) in [6.45, 7) is -0.746. The standard InChI is InChI=1S/C23H23F3N6O3/c1-34-13-22(6-7-22)31-8-5-14(11-31)21(33)28-10-19-29-20(30-35-19)18-9-15-16(27)3-2-4-17(15)32(18)12-23(24,25)26/h2-5,8-9,11H,6-7,10,12-13,27H2,1H3,(H,28,33). The first kappa shape index (κ1) is 23.0. The van der Waals surface area contributed by atoms with Gasteiger partial charge in [-0.15, -0.1) is 0 Å². The molecule has 9 nitrogen and oxygen atoms in total. The molecule has 1 aliphatic rings. The predicted molar refractivity (Wildman–Crippen MR) is 120 cm³/mol. The number of carbonyl (C=O) groups is 1. The number of nitrogen functional groups attached to an aromatic ring is 1. The van der Waals surface area contributed by atoms with Crippen molar-refractivity contribution in [2.24, 2.45) is 0 Å². The molecule has 1 amide bonds. The molecule has 3 aromatic heterocycles. The lowest BCUT2D eigenvalue weighted by atomic mass is 10.2. The molecule has 3 N–H and O–H groups in total. The maximum absolute atomic E-state index is 13.3. The maximum atomic E-state index is 13.3. The predicted octanol–water partition coefficient (Wildman–Crippen LogP) is 3.70. The van der Waals surface area contributed by atoms with Gasteiger partial charge in [0.25, 0.3) is 5.91 Å². The van der Waals surface area contributed by atoms with E-state index in [2.05, 4.69) is 15.5 Å². The van der Waals surface area contributed by atoms with Crippen molar-refractivity contribution in [3.63, 3.8) is 0 Å². The minimum absolute atomic E-state index is 0.0320. The van der Waals surface area contributed by atoms with Gasteiger partial charge >= 0.3 is 6.18 Å². The van der Waals surface area contributed by atoms with Gasteiger partial charge < -0.3 is 29.4 Å². The SMILES string of the molecule is COCC1(n2ccc(C(=O)NCc3nc(-c4cc5c(N)cccc5n4CC(F)(F)F)no3)c2)CC1. The number of carbonyl (C=O) groups excluding carboxylic acids is 1. The summed E-state index contributed by atoms with van der Waals surface area (Å²) in [6, 6.07) is 7.95. The molecule has 1 aliphatic carbocycles. The summed E-state index contributed by atoms with van der Waals surface area (Å²) in [6.07, 6.45) is 1.11. The van der Waals surface area contributed by atoms with E-state index >= 15 is 0 Å². The third-order valence-corrected chi connectivity index (χ3v) is 6.16. The minimum atomic E-state index is -4.47. The first-order valence-corrected chi connectivity index (χ1v) is 10.9. The van der Waals surface area contributed by atoms with Crippen LogP contribution in [0.4, 0.5) is 18.9 Å². The number of nitrogens with two attached hydrogens (primary N) is 1. The van der Waals surface area contributed by atoms with Crippen LogP contribution >= 0.6 is 0 Å². The second kappa shape index (κ2) is 8.45. The van der Waals surface area contributed by atoms with Crippen molar-refractivity contribution in [2.45, 2.75) is 37.6 Å². The highest BCUT2D eigenvalue weighted by Crippen LogP contribution is 2.43. The maximum Gasteiger partial charge on any atom is 0.406 e. The molecular formula is C23H23F3N6O3. The van der Waals surface area contributed by atoms with E-state index in [0.717, 1.165) is 17.4 Å². The number of nitrogens with zero attached hydrogens (tertiary/aromatic N) is 4. The van der Waals surface area contributed by atoms with Crippen LogP contribution in [0.15, 0.2) is 47.2 Å². The average Bonchev–Trinajstić information content (AvgIpc) is 3.18. The number of aromatic nitrogens is 4. The molecule has 184 valence electrons. The van der Waals surface area contributed by atoms with Gasteiger partial charge in [-0.2, -0.15) is 18.2 Å². The third-order valence-electron chi connectivity index (χ3n) is 6.16. The zero-order valence-corrected chi connectivity index (χ0v) is 18.8. The molecule has 0 saturated heterocycles. The van der Waals surface area contributed by atoms with E-state index in [-0.39, 0.29) is 35.4 Å². The molecule has 0 bridgehead atoms.